The first-order chi connectivity index (χ1) is 9.20. The lowest BCUT2D eigenvalue weighted by atomic mass is 10.2. The van der Waals surface area contributed by atoms with Gasteiger partial charge in [0.1, 0.15) is 5.82 Å². The Morgan fingerprint density at radius 3 is 3.05 bits per heavy atom. The van der Waals surface area contributed by atoms with Gasteiger partial charge in [0.05, 0.1) is 11.6 Å². The van der Waals surface area contributed by atoms with Crippen LogP contribution in [-0.2, 0) is 0 Å². The summed E-state index contributed by atoms with van der Waals surface area (Å²) in [7, 11) is 1.83. The van der Waals surface area contributed by atoms with E-state index in [-0.39, 0.29) is 0 Å². The topological polar surface area (TPSA) is 69.7 Å². The fourth-order valence-corrected chi connectivity index (χ4v) is 3.48. The Labute approximate surface area is 116 Å². The molecule has 1 fully saturated rings. The van der Waals surface area contributed by atoms with Crippen LogP contribution in [0.2, 0.25) is 0 Å². The molecule has 7 heteroatoms. The molecular weight excluding hydrogens is 260 g/mol. The van der Waals surface area contributed by atoms with Gasteiger partial charge < -0.3 is 10.2 Å². The smallest absolute Gasteiger partial charge is 0.226 e. The Balaban J connectivity index is 2.09. The molecule has 0 radical (unpaired) electrons. The lowest BCUT2D eigenvalue weighted by Gasteiger charge is -2.38. The van der Waals surface area contributed by atoms with E-state index in [0.29, 0.717) is 17.2 Å². The molecule has 0 bridgehead atoms. The fourth-order valence-electron chi connectivity index (χ4n) is 2.38. The standard InChI is InChI=1S/C12H18N6S/c1-7-8(2)19-5-4-18(7)11-9-6-14-17-10(9)15-12(13-3)16-11/h6-8H,4-5H2,1-3H3,(H2,13,14,15,16,17). The van der Waals surface area contributed by atoms with Gasteiger partial charge in [-0.15, -0.1) is 0 Å². The van der Waals surface area contributed by atoms with Gasteiger partial charge in [-0.05, 0) is 6.92 Å². The predicted molar refractivity (Wildman–Crippen MR) is 80.0 cm³/mol. The lowest BCUT2D eigenvalue weighted by molar-refractivity contribution is 0.622. The van der Waals surface area contributed by atoms with Crippen LogP contribution in [0.3, 0.4) is 0 Å². The quantitative estimate of drug-likeness (QED) is 0.872. The third-order valence-electron chi connectivity index (χ3n) is 3.67. The van der Waals surface area contributed by atoms with Crippen LogP contribution in [0.1, 0.15) is 13.8 Å². The third kappa shape index (κ3) is 2.11. The predicted octanol–water partition coefficient (Wildman–Crippen LogP) is 1.72. The van der Waals surface area contributed by atoms with Crippen molar-refractivity contribution in [3.8, 4) is 0 Å². The Bertz CT molecular complexity index is 583. The van der Waals surface area contributed by atoms with E-state index in [1.807, 2.05) is 25.0 Å². The van der Waals surface area contributed by atoms with Gasteiger partial charge in [-0.1, -0.05) is 6.92 Å². The molecule has 0 aliphatic carbocycles. The van der Waals surface area contributed by atoms with E-state index < -0.39 is 0 Å². The van der Waals surface area contributed by atoms with Crippen molar-refractivity contribution >= 4 is 34.6 Å². The Morgan fingerprint density at radius 1 is 1.42 bits per heavy atom. The summed E-state index contributed by atoms with van der Waals surface area (Å²) in [6.45, 7) is 5.54. The first-order valence-corrected chi connectivity index (χ1v) is 7.52. The van der Waals surface area contributed by atoms with Crippen LogP contribution < -0.4 is 10.2 Å². The molecule has 0 saturated carbocycles. The molecule has 2 aromatic rings. The fraction of sp³-hybridized carbons (Fsp3) is 0.583. The second kappa shape index (κ2) is 4.88. The molecule has 2 N–H and O–H groups in total. The van der Waals surface area contributed by atoms with E-state index in [4.69, 9.17) is 0 Å². The van der Waals surface area contributed by atoms with E-state index in [1.165, 1.54) is 0 Å². The first kappa shape index (κ1) is 12.5. The van der Waals surface area contributed by atoms with Crippen LogP contribution in [-0.4, -0.2) is 50.8 Å². The molecule has 6 nitrogen and oxygen atoms in total. The summed E-state index contributed by atoms with van der Waals surface area (Å²) in [4.78, 5) is 11.4. The molecule has 3 rings (SSSR count). The number of hydrogen-bond donors (Lipinski definition) is 2. The molecule has 3 heterocycles. The maximum atomic E-state index is 4.63. The van der Waals surface area contributed by atoms with Crippen LogP contribution in [0.5, 0.6) is 0 Å². The number of fused-ring (bicyclic) bond motifs is 1. The number of H-pyrrole nitrogens is 1. The van der Waals surface area contributed by atoms with Crippen LogP contribution in [0.15, 0.2) is 6.20 Å². The molecule has 2 unspecified atom stereocenters. The van der Waals surface area contributed by atoms with Crippen LogP contribution in [0.25, 0.3) is 11.0 Å². The van der Waals surface area contributed by atoms with Crippen molar-refractivity contribution in [2.24, 2.45) is 0 Å². The molecule has 1 saturated heterocycles. The SMILES string of the molecule is CNc1nc(N2CCSC(C)C2C)c2cn[nH]c2n1. The average Bonchev–Trinajstić information content (AvgIpc) is 2.89. The maximum absolute atomic E-state index is 4.63. The van der Waals surface area contributed by atoms with Gasteiger partial charge in [0.25, 0.3) is 0 Å². The summed E-state index contributed by atoms with van der Waals surface area (Å²) in [5, 5.41) is 11.6. The van der Waals surface area contributed by atoms with Crippen molar-refractivity contribution in [2.45, 2.75) is 25.1 Å². The molecule has 2 aromatic heterocycles. The van der Waals surface area contributed by atoms with Crippen molar-refractivity contribution in [3.05, 3.63) is 6.20 Å². The zero-order valence-electron chi connectivity index (χ0n) is 11.3. The van der Waals surface area contributed by atoms with Crippen LogP contribution in [0.4, 0.5) is 11.8 Å². The zero-order chi connectivity index (χ0) is 13.4. The summed E-state index contributed by atoms with van der Waals surface area (Å²) in [5.74, 6) is 2.73. The highest BCUT2D eigenvalue weighted by atomic mass is 32.2. The third-order valence-corrected chi connectivity index (χ3v) is 5.01. The average molecular weight is 278 g/mol. The maximum Gasteiger partial charge on any atom is 0.226 e. The van der Waals surface area contributed by atoms with Gasteiger partial charge in [0.2, 0.25) is 5.95 Å². The highest BCUT2D eigenvalue weighted by Crippen LogP contribution is 2.32. The zero-order valence-corrected chi connectivity index (χ0v) is 12.2. The summed E-state index contributed by atoms with van der Waals surface area (Å²) >= 11 is 2.02. The van der Waals surface area contributed by atoms with Gasteiger partial charge in [-0.25, -0.2) is 0 Å². The molecule has 0 aromatic carbocycles. The van der Waals surface area contributed by atoms with Crippen molar-refractivity contribution in [3.63, 3.8) is 0 Å². The van der Waals surface area contributed by atoms with Gasteiger partial charge in [0, 0.05) is 30.6 Å². The molecular formula is C12H18N6S. The highest BCUT2D eigenvalue weighted by molar-refractivity contribution is 8.00. The summed E-state index contributed by atoms with van der Waals surface area (Å²) in [6, 6.07) is 0.455. The van der Waals surface area contributed by atoms with Gasteiger partial charge in [-0.3, -0.25) is 5.10 Å². The minimum Gasteiger partial charge on any atom is -0.357 e. The van der Waals surface area contributed by atoms with Crippen molar-refractivity contribution in [1.29, 1.82) is 0 Å². The number of nitrogens with zero attached hydrogens (tertiary/aromatic N) is 4. The van der Waals surface area contributed by atoms with E-state index in [0.717, 1.165) is 29.1 Å². The van der Waals surface area contributed by atoms with E-state index >= 15 is 0 Å². The monoisotopic (exact) mass is 278 g/mol. The molecule has 2 atom stereocenters. The summed E-state index contributed by atoms with van der Waals surface area (Å²) in [5.41, 5.74) is 0.785. The van der Waals surface area contributed by atoms with Crippen LogP contribution >= 0.6 is 11.8 Å². The van der Waals surface area contributed by atoms with Crippen LogP contribution in [0, 0.1) is 0 Å². The van der Waals surface area contributed by atoms with Gasteiger partial charge in [0.15, 0.2) is 5.65 Å². The molecule has 102 valence electrons. The minimum atomic E-state index is 0.455. The molecule has 1 aliphatic rings. The van der Waals surface area contributed by atoms with E-state index in [9.17, 15) is 0 Å². The number of rotatable bonds is 2. The molecule has 0 amide bonds. The lowest BCUT2D eigenvalue weighted by Crippen LogP contribution is -2.45. The summed E-state index contributed by atoms with van der Waals surface area (Å²) in [6.07, 6.45) is 1.81. The first-order valence-electron chi connectivity index (χ1n) is 6.48. The second-order valence-corrected chi connectivity index (χ2v) is 6.25. The number of aromatic nitrogens is 4. The van der Waals surface area contributed by atoms with Crippen molar-refractivity contribution < 1.29 is 0 Å². The van der Waals surface area contributed by atoms with E-state index in [2.05, 4.69) is 44.2 Å². The highest BCUT2D eigenvalue weighted by Gasteiger charge is 2.28. The number of anilines is 2. The molecule has 1 aliphatic heterocycles. The Morgan fingerprint density at radius 2 is 2.26 bits per heavy atom. The van der Waals surface area contributed by atoms with Gasteiger partial charge in [-0.2, -0.15) is 26.8 Å². The largest absolute Gasteiger partial charge is 0.357 e. The molecule has 0 spiro atoms. The number of hydrogen-bond acceptors (Lipinski definition) is 6. The Kier molecular flexibility index (Phi) is 3.22. The minimum absolute atomic E-state index is 0.455. The van der Waals surface area contributed by atoms with Crippen molar-refractivity contribution in [1.82, 2.24) is 20.2 Å². The Hall–Kier alpha value is -1.50. The normalized spacial score (nSPS) is 23.8. The molecule has 19 heavy (non-hydrogen) atoms. The second-order valence-electron chi connectivity index (χ2n) is 4.76. The summed E-state index contributed by atoms with van der Waals surface area (Å²) < 4.78 is 0. The number of aromatic amines is 1. The number of nitrogens with one attached hydrogen (secondary N) is 2. The van der Waals surface area contributed by atoms with Crippen molar-refractivity contribution in [2.75, 3.05) is 29.6 Å². The van der Waals surface area contributed by atoms with E-state index in [1.54, 1.807) is 0 Å². The number of thioether (sulfide) groups is 1. The van der Waals surface area contributed by atoms with Gasteiger partial charge >= 0.3 is 0 Å².